The molecule has 3 nitrogen and oxygen atoms in total. The SMILES string of the molecule is FC(F)(F)Nc1ccnc(Cl)n1. The molecule has 0 aliphatic rings. The van der Waals surface area contributed by atoms with E-state index in [1.165, 1.54) is 5.32 Å². The number of hydrogen-bond acceptors (Lipinski definition) is 3. The van der Waals surface area contributed by atoms with E-state index in [-0.39, 0.29) is 11.1 Å². The van der Waals surface area contributed by atoms with Gasteiger partial charge in [0.15, 0.2) is 0 Å². The molecule has 1 aromatic heterocycles. The van der Waals surface area contributed by atoms with Gasteiger partial charge < -0.3 is 0 Å². The van der Waals surface area contributed by atoms with Crippen LogP contribution in [0.3, 0.4) is 0 Å². The summed E-state index contributed by atoms with van der Waals surface area (Å²) >= 11 is 5.24. The van der Waals surface area contributed by atoms with Gasteiger partial charge in [-0.25, -0.2) is 9.97 Å². The van der Waals surface area contributed by atoms with Gasteiger partial charge in [-0.3, -0.25) is 5.32 Å². The summed E-state index contributed by atoms with van der Waals surface area (Å²) < 4.78 is 35.0. The summed E-state index contributed by atoms with van der Waals surface area (Å²) in [7, 11) is 0. The van der Waals surface area contributed by atoms with Crippen molar-refractivity contribution in [1.82, 2.24) is 9.97 Å². The minimum atomic E-state index is -4.50. The third-order valence-electron chi connectivity index (χ3n) is 0.896. The van der Waals surface area contributed by atoms with E-state index in [2.05, 4.69) is 9.97 Å². The molecule has 1 heterocycles. The van der Waals surface area contributed by atoms with Crippen molar-refractivity contribution in [2.45, 2.75) is 6.30 Å². The molecule has 0 aliphatic heterocycles. The third kappa shape index (κ3) is 2.91. The summed E-state index contributed by atoms with van der Waals surface area (Å²) in [5, 5.41) is 0.954. The van der Waals surface area contributed by atoms with Crippen LogP contribution < -0.4 is 5.32 Å². The third-order valence-corrected chi connectivity index (χ3v) is 1.08. The highest BCUT2D eigenvalue weighted by molar-refractivity contribution is 6.28. The van der Waals surface area contributed by atoms with Crippen LogP contribution in [0.1, 0.15) is 0 Å². The molecule has 0 atom stereocenters. The molecule has 0 aliphatic carbocycles. The van der Waals surface area contributed by atoms with Crippen molar-refractivity contribution >= 4 is 17.4 Å². The molecule has 0 spiro atoms. The van der Waals surface area contributed by atoms with E-state index in [9.17, 15) is 13.2 Å². The van der Waals surface area contributed by atoms with Gasteiger partial charge in [0.25, 0.3) is 0 Å². The first kappa shape index (κ1) is 9.05. The summed E-state index contributed by atoms with van der Waals surface area (Å²) in [6.45, 7) is 0. The van der Waals surface area contributed by atoms with Crippen LogP contribution in [0.4, 0.5) is 19.0 Å². The largest absolute Gasteiger partial charge is 0.483 e. The molecule has 0 saturated heterocycles. The molecule has 66 valence electrons. The van der Waals surface area contributed by atoms with E-state index < -0.39 is 6.30 Å². The Morgan fingerprint density at radius 1 is 1.42 bits per heavy atom. The number of rotatable bonds is 1. The first-order valence-electron chi connectivity index (χ1n) is 2.81. The smallest absolute Gasteiger partial charge is 0.282 e. The Morgan fingerprint density at radius 2 is 2.08 bits per heavy atom. The van der Waals surface area contributed by atoms with Gasteiger partial charge in [0, 0.05) is 6.20 Å². The summed E-state index contributed by atoms with van der Waals surface area (Å²) in [6.07, 6.45) is -3.37. The van der Waals surface area contributed by atoms with Gasteiger partial charge in [0.2, 0.25) is 5.28 Å². The molecule has 1 aromatic rings. The molecule has 0 amide bonds. The zero-order valence-electron chi connectivity index (χ0n) is 5.56. The Bertz CT molecular complexity index is 275. The number of nitrogens with zero attached hydrogens (tertiary/aromatic N) is 2. The van der Waals surface area contributed by atoms with Crippen LogP contribution in [0, 0.1) is 0 Å². The minimum absolute atomic E-state index is 0.232. The number of alkyl halides is 3. The lowest BCUT2D eigenvalue weighted by atomic mass is 10.6. The Balaban J connectivity index is 2.77. The molecule has 0 fully saturated rings. The maximum Gasteiger partial charge on any atom is 0.483 e. The van der Waals surface area contributed by atoms with Crippen LogP contribution >= 0.6 is 11.6 Å². The molecular weight excluding hydrogens is 195 g/mol. The number of anilines is 1. The Morgan fingerprint density at radius 3 is 2.58 bits per heavy atom. The second-order valence-corrected chi connectivity index (χ2v) is 2.17. The van der Waals surface area contributed by atoms with E-state index in [0.717, 1.165) is 12.3 Å². The monoisotopic (exact) mass is 197 g/mol. The lowest BCUT2D eigenvalue weighted by Crippen LogP contribution is -2.21. The summed E-state index contributed by atoms with van der Waals surface area (Å²) in [4.78, 5) is 6.70. The zero-order chi connectivity index (χ0) is 9.19. The van der Waals surface area contributed by atoms with Crippen molar-refractivity contribution in [1.29, 1.82) is 0 Å². The molecule has 0 unspecified atom stereocenters. The predicted molar refractivity (Wildman–Crippen MR) is 36.7 cm³/mol. The van der Waals surface area contributed by atoms with Crippen LogP contribution in [-0.2, 0) is 0 Å². The van der Waals surface area contributed by atoms with Gasteiger partial charge in [0.05, 0.1) is 0 Å². The standard InChI is InChI=1S/C5H3ClF3N3/c6-4-10-2-1-3(11-4)12-5(7,8)9/h1-2H,(H,10,11,12). The van der Waals surface area contributed by atoms with Crippen molar-refractivity contribution in [3.05, 3.63) is 17.5 Å². The van der Waals surface area contributed by atoms with Crippen molar-refractivity contribution in [3.63, 3.8) is 0 Å². The second kappa shape index (κ2) is 3.14. The Kier molecular flexibility index (Phi) is 2.37. The first-order chi connectivity index (χ1) is 5.47. The van der Waals surface area contributed by atoms with E-state index in [1.807, 2.05) is 0 Å². The number of hydrogen-bond donors (Lipinski definition) is 1. The second-order valence-electron chi connectivity index (χ2n) is 1.83. The first-order valence-corrected chi connectivity index (χ1v) is 3.18. The molecule has 12 heavy (non-hydrogen) atoms. The molecule has 0 radical (unpaired) electrons. The topological polar surface area (TPSA) is 37.8 Å². The van der Waals surface area contributed by atoms with Gasteiger partial charge in [-0.2, -0.15) is 13.2 Å². The average Bonchev–Trinajstić information content (AvgIpc) is 1.82. The Hall–Kier alpha value is -1.04. The predicted octanol–water partition coefficient (Wildman–Crippen LogP) is 2.06. The van der Waals surface area contributed by atoms with Crippen LogP contribution in [0.5, 0.6) is 0 Å². The molecule has 1 rings (SSSR count). The average molecular weight is 198 g/mol. The fourth-order valence-corrected chi connectivity index (χ4v) is 0.697. The zero-order valence-corrected chi connectivity index (χ0v) is 6.32. The maximum atomic E-state index is 11.7. The van der Waals surface area contributed by atoms with Crippen molar-refractivity contribution in [2.24, 2.45) is 0 Å². The summed E-state index contributed by atoms with van der Waals surface area (Å²) in [5.41, 5.74) is 0. The van der Waals surface area contributed by atoms with Gasteiger partial charge >= 0.3 is 6.30 Å². The van der Waals surface area contributed by atoms with Crippen molar-refractivity contribution in [2.75, 3.05) is 5.32 Å². The maximum absolute atomic E-state index is 11.7. The minimum Gasteiger partial charge on any atom is -0.282 e. The Labute approximate surface area is 70.6 Å². The van der Waals surface area contributed by atoms with Crippen LogP contribution in [0.15, 0.2) is 12.3 Å². The molecule has 0 aromatic carbocycles. The van der Waals surface area contributed by atoms with E-state index in [1.54, 1.807) is 0 Å². The molecule has 7 heteroatoms. The van der Waals surface area contributed by atoms with E-state index >= 15 is 0 Å². The number of nitrogens with one attached hydrogen (secondary N) is 1. The van der Waals surface area contributed by atoms with Gasteiger partial charge in [-0.05, 0) is 17.7 Å². The molecule has 0 bridgehead atoms. The van der Waals surface area contributed by atoms with E-state index in [4.69, 9.17) is 11.6 Å². The van der Waals surface area contributed by atoms with Crippen LogP contribution in [0.2, 0.25) is 5.28 Å². The molecular formula is C5H3ClF3N3. The summed E-state index contributed by atoms with van der Waals surface area (Å²) in [6, 6.07) is 1.07. The number of halogens is 4. The van der Waals surface area contributed by atoms with Gasteiger partial charge in [0.1, 0.15) is 5.82 Å². The lowest BCUT2D eigenvalue weighted by Gasteiger charge is -2.07. The van der Waals surface area contributed by atoms with Gasteiger partial charge in [-0.1, -0.05) is 0 Å². The molecule has 1 N–H and O–H groups in total. The highest BCUT2D eigenvalue weighted by atomic mass is 35.5. The van der Waals surface area contributed by atoms with E-state index in [0.29, 0.717) is 0 Å². The van der Waals surface area contributed by atoms with Crippen molar-refractivity contribution < 1.29 is 13.2 Å². The lowest BCUT2D eigenvalue weighted by molar-refractivity contribution is -0.100. The quantitative estimate of drug-likeness (QED) is 0.553. The number of aromatic nitrogens is 2. The summed E-state index contributed by atoms with van der Waals surface area (Å²) in [5.74, 6) is -0.373. The van der Waals surface area contributed by atoms with Crippen LogP contribution in [0.25, 0.3) is 0 Å². The highest BCUT2D eigenvalue weighted by Gasteiger charge is 2.27. The van der Waals surface area contributed by atoms with Gasteiger partial charge in [-0.15, -0.1) is 0 Å². The molecule has 0 saturated carbocycles. The fourth-order valence-electron chi connectivity index (χ4n) is 0.550. The fraction of sp³-hybridized carbons (Fsp3) is 0.200. The van der Waals surface area contributed by atoms with Crippen LogP contribution in [-0.4, -0.2) is 16.3 Å². The van der Waals surface area contributed by atoms with Crippen molar-refractivity contribution in [3.8, 4) is 0 Å². The highest BCUT2D eigenvalue weighted by Crippen LogP contribution is 2.17. The normalized spacial score (nSPS) is 11.3.